The molecule has 0 aliphatic rings. The van der Waals surface area contributed by atoms with Crippen LogP contribution in [0.25, 0.3) is 0 Å². The van der Waals surface area contributed by atoms with Crippen LogP contribution in [0.15, 0.2) is 53.4 Å². The van der Waals surface area contributed by atoms with Crippen LogP contribution >= 0.6 is 23.4 Å². The number of thioether (sulfide) groups is 1. The summed E-state index contributed by atoms with van der Waals surface area (Å²) in [4.78, 5) is 28.9. The van der Waals surface area contributed by atoms with E-state index in [1.807, 2.05) is 64.1 Å². The topological polar surface area (TPSA) is 49.4 Å². The van der Waals surface area contributed by atoms with E-state index in [0.717, 1.165) is 16.9 Å². The van der Waals surface area contributed by atoms with Crippen molar-refractivity contribution < 1.29 is 9.59 Å². The Kier molecular flexibility index (Phi) is 9.73. The number of nitrogens with one attached hydrogen (secondary N) is 1. The largest absolute Gasteiger partial charge is 0.352 e. The third kappa shape index (κ3) is 7.37. The lowest BCUT2D eigenvalue weighted by atomic mass is 10.1. The van der Waals surface area contributed by atoms with Crippen molar-refractivity contribution in [3.05, 3.63) is 64.7 Å². The summed E-state index contributed by atoms with van der Waals surface area (Å²) < 4.78 is 0. The van der Waals surface area contributed by atoms with Gasteiger partial charge in [0.25, 0.3) is 0 Å². The summed E-state index contributed by atoms with van der Waals surface area (Å²) in [5.41, 5.74) is 2.13. The van der Waals surface area contributed by atoms with Crippen molar-refractivity contribution in [2.45, 2.75) is 64.1 Å². The molecule has 1 N–H and O–H groups in total. The second-order valence-corrected chi connectivity index (χ2v) is 8.98. The molecule has 2 aromatic carbocycles. The van der Waals surface area contributed by atoms with Crippen molar-refractivity contribution in [1.82, 2.24) is 10.2 Å². The minimum atomic E-state index is -0.513. The number of amides is 2. The molecule has 2 amide bonds. The van der Waals surface area contributed by atoms with Gasteiger partial charge in [0, 0.05) is 22.5 Å². The standard InChI is InChI=1S/C24H31ClN2O2S/c1-5-18(4)26-24(29)22(6-2)27(15-19-9-11-20(25)12-10-19)23(28)16-30-21-13-7-17(3)8-14-21/h7-14,18,22H,5-6,15-16H2,1-4H3,(H,26,29)/t18-,22-/m1/s1. The third-order valence-corrected chi connectivity index (χ3v) is 6.29. The molecule has 0 bridgehead atoms. The van der Waals surface area contributed by atoms with E-state index in [2.05, 4.69) is 5.32 Å². The maximum absolute atomic E-state index is 13.2. The van der Waals surface area contributed by atoms with E-state index >= 15 is 0 Å². The Balaban J connectivity index is 2.19. The van der Waals surface area contributed by atoms with Crippen LogP contribution in [0, 0.1) is 6.92 Å². The molecule has 4 nitrogen and oxygen atoms in total. The number of nitrogens with zero attached hydrogens (tertiary/aromatic N) is 1. The number of hydrogen-bond donors (Lipinski definition) is 1. The first-order valence-electron chi connectivity index (χ1n) is 10.4. The number of aryl methyl sites for hydroxylation is 1. The molecule has 0 fully saturated rings. The molecule has 0 radical (unpaired) electrons. The molecule has 2 aromatic rings. The Morgan fingerprint density at radius 3 is 2.23 bits per heavy atom. The van der Waals surface area contributed by atoms with E-state index in [4.69, 9.17) is 11.6 Å². The summed E-state index contributed by atoms with van der Waals surface area (Å²) >= 11 is 7.50. The Bertz CT molecular complexity index is 824. The van der Waals surface area contributed by atoms with Crippen LogP contribution in [0.5, 0.6) is 0 Å². The lowest BCUT2D eigenvalue weighted by Gasteiger charge is -2.31. The highest BCUT2D eigenvalue weighted by atomic mass is 35.5. The normalized spacial score (nSPS) is 12.8. The fourth-order valence-corrected chi connectivity index (χ4v) is 3.92. The molecule has 30 heavy (non-hydrogen) atoms. The fraction of sp³-hybridized carbons (Fsp3) is 0.417. The Labute approximate surface area is 189 Å². The zero-order valence-corrected chi connectivity index (χ0v) is 19.7. The van der Waals surface area contributed by atoms with Crippen LogP contribution in [0.4, 0.5) is 0 Å². The molecule has 0 aromatic heterocycles. The van der Waals surface area contributed by atoms with Gasteiger partial charge in [0.15, 0.2) is 0 Å². The molecular weight excluding hydrogens is 416 g/mol. The Morgan fingerprint density at radius 1 is 1.03 bits per heavy atom. The smallest absolute Gasteiger partial charge is 0.243 e. The molecular formula is C24H31ClN2O2S. The summed E-state index contributed by atoms with van der Waals surface area (Å²) in [7, 11) is 0. The number of rotatable bonds is 10. The van der Waals surface area contributed by atoms with E-state index in [-0.39, 0.29) is 23.6 Å². The molecule has 2 atom stereocenters. The van der Waals surface area contributed by atoms with E-state index in [0.29, 0.717) is 18.0 Å². The van der Waals surface area contributed by atoms with Crippen LogP contribution in [0.2, 0.25) is 5.02 Å². The average Bonchev–Trinajstić information content (AvgIpc) is 2.74. The average molecular weight is 447 g/mol. The second kappa shape index (κ2) is 12.0. The number of carbonyl (C=O) groups excluding carboxylic acids is 2. The van der Waals surface area contributed by atoms with Crippen molar-refractivity contribution in [2.24, 2.45) is 0 Å². The molecule has 0 heterocycles. The van der Waals surface area contributed by atoms with Crippen molar-refractivity contribution in [2.75, 3.05) is 5.75 Å². The molecule has 2 rings (SSSR count). The molecule has 0 aliphatic carbocycles. The zero-order chi connectivity index (χ0) is 22.1. The van der Waals surface area contributed by atoms with Crippen LogP contribution in [0.1, 0.15) is 44.7 Å². The summed E-state index contributed by atoms with van der Waals surface area (Å²) in [6, 6.07) is 15.1. The van der Waals surface area contributed by atoms with Crippen LogP contribution < -0.4 is 5.32 Å². The maximum Gasteiger partial charge on any atom is 0.243 e. The van der Waals surface area contributed by atoms with Gasteiger partial charge in [-0.2, -0.15) is 0 Å². The molecule has 0 unspecified atom stereocenters. The number of halogens is 1. The van der Waals surface area contributed by atoms with Gasteiger partial charge in [-0.05, 0) is 56.5 Å². The molecule has 0 saturated heterocycles. The van der Waals surface area contributed by atoms with Gasteiger partial charge in [0.05, 0.1) is 5.75 Å². The third-order valence-electron chi connectivity index (χ3n) is 5.04. The van der Waals surface area contributed by atoms with Gasteiger partial charge in [0.2, 0.25) is 11.8 Å². The van der Waals surface area contributed by atoms with E-state index in [1.165, 1.54) is 17.3 Å². The van der Waals surface area contributed by atoms with Gasteiger partial charge >= 0.3 is 0 Å². The van der Waals surface area contributed by atoms with Crippen molar-refractivity contribution in [3.63, 3.8) is 0 Å². The highest BCUT2D eigenvalue weighted by molar-refractivity contribution is 8.00. The van der Waals surface area contributed by atoms with Crippen molar-refractivity contribution >= 4 is 35.2 Å². The lowest BCUT2D eigenvalue weighted by Crippen LogP contribution is -2.51. The summed E-state index contributed by atoms with van der Waals surface area (Å²) in [5.74, 6) is 0.125. The summed E-state index contributed by atoms with van der Waals surface area (Å²) in [6.45, 7) is 8.35. The summed E-state index contributed by atoms with van der Waals surface area (Å²) in [5, 5.41) is 3.68. The quantitative estimate of drug-likeness (QED) is 0.493. The van der Waals surface area contributed by atoms with Crippen LogP contribution in [0.3, 0.4) is 0 Å². The van der Waals surface area contributed by atoms with Crippen molar-refractivity contribution in [1.29, 1.82) is 0 Å². The first-order valence-corrected chi connectivity index (χ1v) is 11.7. The first kappa shape index (κ1) is 24.3. The van der Waals surface area contributed by atoms with Gasteiger partial charge in [-0.3, -0.25) is 9.59 Å². The number of carbonyl (C=O) groups is 2. The van der Waals surface area contributed by atoms with Crippen LogP contribution in [-0.2, 0) is 16.1 Å². The minimum Gasteiger partial charge on any atom is -0.352 e. The van der Waals surface area contributed by atoms with E-state index in [9.17, 15) is 9.59 Å². The van der Waals surface area contributed by atoms with Gasteiger partial charge in [-0.1, -0.05) is 55.3 Å². The van der Waals surface area contributed by atoms with Crippen molar-refractivity contribution in [3.8, 4) is 0 Å². The van der Waals surface area contributed by atoms with E-state index in [1.54, 1.807) is 17.0 Å². The zero-order valence-electron chi connectivity index (χ0n) is 18.2. The fourth-order valence-electron chi connectivity index (χ4n) is 3.01. The minimum absolute atomic E-state index is 0.0540. The predicted molar refractivity (Wildman–Crippen MR) is 126 cm³/mol. The highest BCUT2D eigenvalue weighted by Crippen LogP contribution is 2.21. The monoisotopic (exact) mass is 446 g/mol. The second-order valence-electron chi connectivity index (χ2n) is 7.49. The number of hydrogen-bond acceptors (Lipinski definition) is 3. The Morgan fingerprint density at radius 2 is 1.67 bits per heavy atom. The van der Waals surface area contributed by atoms with Gasteiger partial charge in [-0.15, -0.1) is 11.8 Å². The molecule has 0 spiro atoms. The lowest BCUT2D eigenvalue weighted by molar-refractivity contribution is -0.139. The number of benzene rings is 2. The molecule has 0 aliphatic heterocycles. The SMILES string of the molecule is CC[C@@H](C)NC(=O)[C@@H](CC)N(Cc1ccc(Cl)cc1)C(=O)CSc1ccc(C)cc1. The van der Waals surface area contributed by atoms with E-state index < -0.39 is 6.04 Å². The van der Waals surface area contributed by atoms with Gasteiger partial charge < -0.3 is 10.2 Å². The highest BCUT2D eigenvalue weighted by Gasteiger charge is 2.29. The molecule has 162 valence electrons. The Hall–Kier alpha value is -1.98. The van der Waals surface area contributed by atoms with Gasteiger partial charge in [-0.25, -0.2) is 0 Å². The molecule has 0 saturated carbocycles. The summed E-state index contributed by atoms with van der Waals surface area (Å²) in [6.07, 6.45) is 1.40. The first-order chi connectivity index (χ1) is 14.3. The molecule has 6 heteroatoms. The van der Waals surface area contributed by atoms with Crippen LogP contribution in [-0.4, -0.2) is 34.6 Å². The maximum atomic E-state index is 13.2. The predicted octanol–water partition coefficient (Wildman–Crippen LogP) is 5.46. The van der Waals surface area contributed by atoms with Gasteiger partial charge in [0.1, 0.15) is 6.04 Å².